The van der Waals surface area contributed by atoms with E-state index in [-0.39, 0.29) is 17.9 Å². The second-order valence-corrected chi connectivity index (χ2v) is 5.94. The summed E-state index contributed by atoms with van der Waals surface area (Å²) in [5.74, 6) is 0.337. The fourth-order valence-electron chi connectivity index (χ4n) is 2.14. The summed E-state index contributed by atoms with van der Waals surface area (Å²) < 4.78 is 1.06. The van der Waals surface area contributed by atoms with Gasteiger partial charge in [-0.25, -0.2) is 0 Å². The zero-order valence-corrected chi connectivity index (χ0v) is 13.7. The third-order valence-electron chi connectivity index (χ3n) is 3.50. The molecule has 2 atom stereocenters. The Morgan fingerprint density at radius 1 is 1.26 bits per heavy atom. The van der Waals surface area contributed by atoms with Crippen molar-refractivity contribution in [3.05, 3.63) is 34.3 Å². The van der Waals surface area contributed by atoms with E-state index < -0.39 is 0 Å². The van der Waals surface area contributed by atoms with Crippen molar-refractivity contribution in [1.82, 2.24) is 5.32 Å². The number of amides is 1. The zero-order chi connectivity index (χ0) is 14.3. The number of unbranched alkanes of at least 4 members (excludes halogenated alkanes) is 1. The molecule has 0 spiro atoms. The van der Waals surface area contributed by atoms with Gasteiger partial charge in [0.05, 0.1) is 6.04 Å². The van der Waals surface area contributed by atoms with Crippen LogP contribution in [0, 0.1) is 5.92 Å². The number of nitrogens with one attached hydrogen (secondary N) is 1. The Balaban J connectivity index is 2.57. The third-order valence-corrected chi connectivity index (χ3v) is 4.03. The lowest BCUT2D eigenvalue weighted by Gasteiger charge is -2.19. The van der Waals surface area contributed by atoms with E-state index in [1.807, 2.05) is 31.2 Å². The molecule has 19 heavy (non-hydrogen) atoms. The van der Waals surface area contributed by atoms with Gasteiger partial charge >= 0.3 is 0 Å². The van der Waals surface area contributed by atoms with Crippen LogP contribution in [0.4, 0.5) is 0 Å². The van der Waals surface area contributed by atoms with Gasteiger partial charge in [0.2, 0.25) is 5.91 Å². The van der Waals surface area contributed by atoms with Crippen LogP contribution in [0.1, 0.15) is 58.1 Å². The average Bonchev–Trinajstić information content (AvgIpc) is 2.40. The minimum Gasteiger partial charge on any atom is -0.349 e. The number of carbonyl (C=O) groups is 1. The van der Waals surface area contributed by atoms with Crippen molar-refractivity contribution in [2.45, 2.75) is 52.5 Å². The highest BCUT2D eigenvalue weighted by atomic mass is 79.9. The maximum Gasteiger partial charge on any atom is 0.223 e. The molecule has 106 valence electrons. The smallest absolute Gasteiger partial charge is 0.223 e. The number of hydrogen-bond donors (Lipinski definition) is 1. The highest BCUT2D eigenvalue weighted by molar-refractivity contribution is 9.10. The second kappa shape index (κ2) is 8.36. The highest BCUT2D eigenvalue weighted by Crippen LogP contribution is 2.19. The predicted octanol–water partition coefficient (Wildman–Crippen LogP) is 4.84. The lowest BCUT2D eigenvalue weighted by atomic mass is 9.97. The summed E-state index contributed by atoms with van der Waals surface area (Å²) in [5, 5.41) is 3.12. The Bertz CT molecular complexity index is 388. The Hall–Kier alpha value is -0.830. The number of hydrogen-bond acceptors (Lipinski definition) is 1. The van der Waals surface area contributed by atoms with E-state index in [0.717, 1.165) is 35.7 Å². The normalized spacial score (nSPS) is 13.9. The highest BCUT2D eigenvalue weighted by Gasteiger charge is 2.18. The van der Waals surface area contributed by atoms with Crippen LogP contribution in [0.5, 0.6) is 0 Å². The SMILES string of the molecule is CCCCC(CC)C(=O)NC(C)c1ccc(Br)cc1. The van der Waals surface area contributed by atoms with Gasteiger partial charge in [-0.1, -0.05) is 54.8 Å². The summed E-state index contributed by atoms with van der Waals surface area (Å²) in [4.78, 5) is 12.2. The van der Waals surface area contributed by atoms with Gasteiger partial charge in [0.25, 0.3) is 0 Å². The molecule has 1 rings (SSSR count). The van der Waals surface area contributed by atoms with Gasteiger partial charge in [0.15, 0.2) is 0 Å². The summed E-state index contributed by atoms with van der Waals surface area (Å²) in [5.41, 5.74) is 1.14. The lowest BCUT2D eigenvalue weighted by Crippen LogP contribution is -2.32. The molecule has 1 aromatic rings. The Kier molecular flexibility index (Phi) is 7.14. The molecule has 0 aliphatic carbocycles. The molecule has 1 N–H and O–H groups in total. The van der Waals surface area contributed by atoms with E-state index in [2.05, 4.69) is 35.1 Å². The van der Waals surface area contributed by atoms with Crippen molar-refractivity contribution in [3.63, 3.8) is 0 Å². The molecule has 2 nitrogen and oxygen atoms in total. The predicted molar refractivity (Wildman–Crippen MR) is 84.0 cm³/mol. The third kappa shape index (κ3) is 5.35. The first-order valence-corrected chi connectivity index (χ1v) is 7.93. The van der Waals surface area contributed by atoms with Gasteiger partial charge in [0, 0.05) is 10.4 Å². The molecule has 0 fully saturated rings. The molecule has 0 radical (unpaired) electrons. The van der Waals surface area contributed by atoms with Crippen LogP contribution >= 0.6 is 15.9 Å². The molecule has 1 amide bonds. The Labute approximate surface area is 125 Å². The molecule has 0 saturated carbocycles. The van der Waals surface area contributed by atoms with Crippen molar-refractivity contribution in [2.24, 2.45) is 5.92 Å². The first kappa shape index (κ1) is 16.2. The number of carbonyl (C=O) groups excluding carboxylic acids is 1. The topological polar surface area (TPSA) is 29.1 Å². The molecule has 0 aliphatic heterocycles. The number of halogens is 1. The maximum atomic E-state index is 12.2. The first-order chi connectivity index (χ1) is 9.08. The van der Waals surface area contributed by atoms with Gasteiger partial charge < -0.3 is 5.32 Å². The molecule has 0 bridgehead atoms. The largest absolute Gasteiger partial charge is 0.349 e. The standard InChI is InChI=1S/C16H24BrNO/c1-4-6-7-13(5-2)16(19)18-12(3)14-8-10-15(17)11-9-14/h8-13H,4-7H2,1-3H3,(H,18,19). The van der Waals surface area contributed by atoms with Crippen LogP contribution < -0.4 is 5.32 Å². The van der Waals surface area contributed by atoms with Gasteiger partial charge in [-0.15, -0.1) is 0 Å². The van der Waals surface area contributed by atoms with E-state index in [0.29, 0.717) is 0 Å². The summed E-state index contributed by atoms with van der Waals surface area (Å²) in [6.07, 6.45) is 4.18. The zero-order valence-electron chi connectivity index (χ0n) is 12.1. The Morgan fingerprint density at radius 3 is 2.42 bits per heavy atom. The first-order valence-electron chi connectivity index (χ1n) is 7.14. The van der Waals surface area contributed by atoms with Crippen LogP contribution in [0.3, 0.4) is 0 Å². The summed E-state index contributed by atoms with van der Waals surface area (Å²) >= 11 is 3.42. The van der Waals surface area contributed by atoms with E-state index in [9.17, 15) is 4.79 Å². The van der Waals surface area contributed by atoms with Crippen LogP contribution in [0.25, 0.3) is 0 Å². The van der Waals surface area contributed by atoms with Crippen LogP contribution in [-0.4, -0.2) is 5.91 Å². The van der Waals surface area contributed by atoms with Crippen LogP contribution in [0.2, 0.25) is 0 Å². The molecular formula is C16H24BrNO. The molecular weight excluding hydrogens is 302 g/mol. The van der Waals surface area contributed by atoms with Crippen LogP contribution in [-0.2, 0) is 4.79 Å². The van der Waals surface area contributed by atoms with Gasteiger partial charge in [-0.3, -0.25) is 4.79 Å². The van der Waals surface area contributed by atoms with Crippen molar-refractivity contribution in [3.8, 4) is 0 Å². The van der Waals surface area contributed by atoms with Crippen molar-refractivity contribution in [1.29, 1.82) is 0 Å². The number of benzene rings is 1. The Morgan fingerprint density at radius 2 is 1.89 bits per heavy atom. The van der Waals surface area contributed by atoms with Crippen LogP contribution in [0.15, 0.2) is 28.7 Å². The lowest BCUT2D eigenvalue weighted by molar-refractivity contribution is -0.126. The monoisotopic (exact) mass is 325 g/mol. The summed E-state index contributed by atoms with van der Waals surface area (Å²) in [6.45, 7) is 6.28. The van der Waals surface area contributed by atoms with Gasteiger partial charge in [-0.2, -0.15) is 0 Å². The minimum atomic E-state index is 0.0660. The van der Waals surface area contributed by atoms with Gasteiger partial charge in [0.1, 0.15) is 0 Å². The summed E-state index contributed by atoms with van der Waals surface area (Å²) in [7, 11) is 0. The second-order valence-electron chi connectivity index (χ2n) is 5.03. The fraction of sp³-hybridized carbons (Fsp3) is 0.562. The van der Waals surface area contributed by atoms with E-state index in [1.54, 1.807) is 0 Å². The minimum absolute atomic E-state index is 0.0660. The van der Waals surface area contributed by atoms with Gasteiger partial charge in [-0.05, 0) is 37.5 Å². The average molecular weight is 326 g/mol. The van der Waals surface area contributed by atoms with E-state index in [4.69, 9.17) is 0 Å². The van der Waals surface area contributed by atoms with Crippen molar-refractivity contribution < 1.29 is 4.79 Å². The maximum absolute atomic E-state index is 12.2. The molecule has 0 saturated heterocycles. The quantitative estimate of drug-likeness (QED) is 0.763. The molecule has 3 heteroatoms. The summed E-state index contributed by atoms with van der Waals surface area (Å²) in [6, 6.07) is 8.17. The molecule has 1 aromatic carbocycles. The van der Waals surface area contributed by atoms with Crippen molar-refractivity contribution >= 4 is 21.8 Å². The van der Waals surface area contributed by atoms with E-state index in [1.165, 1.54) is 0 Å². The fourth-order valence-corrected chi connectivity index (χ4v) is 2.40. The molecule has 2 unspecified atom stereocenters. The molecule has 0 aromatic heterocycles. The number of rotatable bonds is 7. The molecule has 0 heterocycles. The molecule has 0 aliphatic rings. The van der Waals surface area contributed by atoms with Crippen molar-refractivity contribution in [2.75, 3.05) is 0 Å². The van der Waals surface area contributed by atoms with E-state index >= 15 is 0 Å².